The molecule has 0 aliphatic rings. The van der Waals surface area contributed by atoms with E-state index < -0.39 is 11.7 Å². The Balaban J connectivity index is 2.27. The van der Waals surface area contributed by atoms with Crippen LogP contribution in [-0.4, -0.2) is 9.55 Å². The summed E-state index contributed by atoms with van der Waals surface area (Å²) in [6.45, 7) is 2.73. The molecule has 0 spiro atoms. The fourth-order valence-electron chi connectivity index (χ4n) is 1.90. The Morgan fingerprint density at radius 1 is 1.32 bits per heavy atom. The highest BCUT2D eigenvalue weighted by Gasteiger charge is 2.30. The zero-order valence-corrected chi connectivity index (χ0v) is 10.4. The van der Waals surface area contributed by atoms with Crippen LogP contribution in [0.3, 0.4) is 0 Å². The van der Waals surface area contributed by atoms with Crippen molar-refractivity contribution in [3.05, 3.63) is 47.5 Å². The average molecular weight is 269 g/mol. The van der Waals surface area contributed by atoms with Crippen LogP contribution in [0.5, 0.6) is 0 Å². The first-order chi connectivity index (χ1) is 8.91. The van der Waals surface area contributed by atoms with E-state index in [1.165, 1.54) is 6.07 Å². The van der Waals surface area contributed by atoms with Gasteiger partial charge in [-0.3, -0.25) is 0 Å². The van der Waals surface area contributed by atoms with Crippen LogP contribution < -0.4 is 5.73 Å². The van der Waals surface area contributed by atoms with Crippen molar-refractivity contribution >= 4 is 5.69 Å². The first kappa shape index (κ1) is 13.5. The van der Waals surface area contributed by atoms with Crippen LogP contribution >= 0.6 is 0 Å². The number of aryl methyl sites for hydroxylation is 1. The molecule has 3 nitrogen and oxygen atoms in total. The largest absolute Gasteiger partial charge is 0.416 e. The minimum Gasteiger partial charge on any atom is -0.398 e. The minimum absolute atomic E-state index is 0.139. The SMILES string of the molecule is CCn1ccnc1Cc1ccc(C(F)(F)F)cc1N. The molecule has 19 heavy (non-hydrogen) atoms. The number of rotatable bonds is 3. The lowest BCUT2D eigenvalue weighted by Gasteiger charge is -2.11. The third-order valence-electron chi connectivity index (χ3n) is 2.96. The van der Waals surface area contributed by atoms with E-state index in [4.69, 9.17) is 5.73 Å². The van der Waals surface area contributed by atoms with Crippen molar-refractivity contribution in [2.75, 3.05) is 5.73 Å². The number of nitrogens with two attached hydrogens (primary N) is 1. The van der Waals surface area contributed by atoms with Crippen molar-refractivity contribution in [1.29, 1.82) is 0 Å². The highest BCUT2D eigenvalue weighted by Crippen LogP contribution is 2.31. The Kier molecular flexibility index (Phi) is 3.50. The van der Waals surface area contributed by atoms with Gasteiger partial charge in [0.1, 0.15) is 5.82 Å². The fourth-order valence-corrected chi connectivity index (χ4v) is 1.90. The van der Waals surface area contributed by atoms with E-state index >= 15 is 0 Å². The lowest BCUT2D eigenvalue weighted by atomic mass is 10.1. The van der Waals surface area contributed by atoms with E-state index in [1.807, 2.05) is 17.7 Å². The van der Waals surface area contributed by atoms with E-state index in [0.717, 1.165) is 24.5 Å². The van der Waals surface area contributed by atoms with Crippen molar-refractivity contribution in [1.82, 2.24) is 9.55 Å². The summed E-state index contributed by atoms with van der Waals surface area (Å²) in [5.74, 6) is 0.786. The third kappa shape index (κ3) is 2.89. The van der Waals surface area contributed by atoms with E-state index in [9.17, 15) is 13.2 Å². The van der Waals surface area contributed by atoms with Crippen LogP contribution in [0.4, 0.5) is 18.9 Å². The maximum atomic E-state index is 12.5. The monoisotopic (exact) mass is 269 g/mol. The number of nitrogen functional groups attached to an aromatic ring is 1. The number of alkyl halides is 3. The van der Waals surface area contributed by atoms with Crippen molar-refractivity contribution in [3.63, 3.8) is 0 Å². The lowest BCUT2D eigenvalue weighted by molar-refractivity contribution is -0.137. The first-order valence-electron chi connectivity index (χ1n) is 5.87. The molecule has 1 heterocycles. The molecule has 0 aliphatic heterocycles. The Morgan fingerprint density at radius 2 is 2.05 bits per heavy atom. The van der Waals surface area contributed by atoms with Crippen molar-refractivity contribution in [2.45, 2.75) is 26.1 Å². The van der Waals surface area contributed by atoms with Gasteiger partial charge in [-0.15, -0.1) is 0 Å². The molecule has 1 aromatic carbocycles. The molecule has 1 aromatic heterocycles. The van der Waals surface area contributed by atoms with Gasteiger partial charge in [0.05, 0.1) is 5.56 Å². The molecule has 0 saturated carbocycles. The normalized spacial score (nSPS) is 11.8. The Hall–Kier alpha value is -1.98. The predicted octanol–water partition coefficient (Wildman–Crippen LogP) is 3.09. The molecule has 6 heteroatoms. The van der Waals surface area contributed by atoms with Gasteiger partial charge >= 0.3 is 6.18 Å². The highest BCUT2D eigenvalue weighted by atomic mass is 19.4. The molecule has 0 saturated heterocycles. The van der Waals surface area contributed by atoms with Gasteiger partial charge in [0.2, 0.25) is 0 Å². The van der Waals surface area contributed by atoms with Gasteiger partial charge in [0.25, 0.3) is 0 Å². The van der Waals surface area contributed by atoms with Crippen LogP contribution in [0.1, 0.15) is 23.9 Å². The Bertz CT molecular complexity index is 573. The van der Waals surface area contributed by atoms with Gasteiger partial charge < -0.3 is 10.3 Å². The average Bonchev–Trinajstić information content (AvgIpc) is 2.77. The van der Waals surface area contributed by atoms with E-state index in [-0.39, 0.29) is 5.69 Å². The van der Waals surface area contributed by atoms with E-state index in [2.05, 4.69) is 4.98 Å². The summed E-state index contributed by atoms with van der Waals surface area (Å²) in [4.78, 5) is 4.18. The number of nitrogens with zero attached hydrogens (tertiary/aromatic N) is 2. The predicted molar refractivity (Wildman–Crippen MR) is 66.6 cm³/mol. The third-order valence-corrected chi connectivity index (χ3v) is 2.96. The van der Waals surface area contributed by atoms with Gasteiger partial charge in [0.15, 0.2) is 0 Å². The quantitative estimate of drug-likeness (QED) is 0.870. The molecule has 2 aromatic rings. The highest BCUT2D eigenvalue weighted by molar-refractivity contribution is 5.50. The zero-order valence-electron chi connectivity index (χ0n) is 10.4. The number of halogens is 3. The molecule has 0 bridgehead atoms. The number of aromatic nitrogens is 2. The first-order valence-corrected chi connectivity index (χ1v) is 5.87. The molecule has 102 valence electrons. The second-order valence-electron chi connectivity index (χ2n) is 4.22. The second kappa shape index (κ2) is 4.95. The molecule has 0 radical (unpaired) electrons. The Morgan fingerprint density at radius 3 is 2.63 bits per heavy atom. The molecular weight excluding hydrogens is 255 g/mol. The summed E-state index contributed by atoms with van der Waals surface area (Å²) in [6.07, 6.45) is -0.450. The van der Waals surface area contributed by atoms with Gasteiger partial charge in [0, 0.05) is 31.0 Å². The van der Waals surface area contributed by atoms with Crippen LogP contribution in [-0.2, 0) is 19.1 Å². The summed E-state index contributed by atoms with van der Waals surface area (Å²) in [7, 11) is 0. The minimum atomic E-state index is -4.37. The smallest absolute Gasteiger partial charge is 0.398 e. The summed E-state index contributed by atoms with van der Waals surface area (Å²) in [5, 5.41) is 0. The fraction of sp³-hybridized carbons (Fsp3) is 0.308. The van der Waals surface area contributed by atoms with Gasteiger partial charge in [-0.05, 0) is 24.6 Å². The van der Waals surface area contributed by atoms with Crippen LogP contribution in [0.2, 0.25) is 0 Å². The Labute approximate surface area is 108 Å². The number of benzene rings is 1. The molecule has 2 rings (SSSR count). The number of hydrogen-bond donors (Lipinski definition) is 1. The molecule has 0 unspecified atom stereocenters. The van der Waals surface area contributed by atoms with E-state index in [1.54, 1.807) is 6.20 Å². The van der Waals surface area contributed by atoms with Crippen molar-refractivity contribution < 1.29 is 13.2 Å². The maximum Gasteiger partial charge on any atom is 0.416 e. The number of hydrogen-bond acceptors (Lipinski definition) is 2. The summed E-state index contributed by atoms with van der Waals surface area (Å²) < 4.78 is 39.5. The van der Waals surface area contributed by atoms with E-state index in [0.29, 0.717) is 12.0 Å². The van der Waals surface area contributed by atoms with Crippen LogP contribution in [0.15, 0.2) is 30.6 Å². The van der Waals surface area contributed by atoms with Crippen LogP contribution in [0, 0.1) is 0 Å². The molecule has 0 atom stereocenters. The van der Waals surface area contributed by atoms with Crippen molar-refractivity contribution in [2.24, 2.45) is 0 Å². The molecule has 0 amide bonds. The molecule has 0 aliphatic carbocycles. The zero-order chi connectivity index (χ0) is 14.0. The maximum absolute atomic E-state index is 12.5. The van der Waals surface area contributed by atoms with Crippen LogP contribution in [0.25, 0.3) is 0 Å². The molecule has 2 N–H and O–H groups in total. The second-order valence-corrected chi connectivity index (χ2v) is 4.22. The van der Waals surface area contributed by atoms with Gasteiger partial charge in [-0.1, -0.05) is 6.07 Å². The molecular formula is C13H14F3N3. The lowest BCUT2D eigenvalue weighted by Crippen LogP contribution is -2.08. The summed E-state index contributed by atoms with van der Waals surface area (Å²) in [6, 6.07) is 3.42. The van der Waals surface area contributed by atoms with Gasteiger partial charge in [-0.2, -0.15) is 13.2 Å². The summed E-state index contributed by atoms with van der Waals surface area (Å²) >= 11 is 0. The number of anilines is 1. The topological polar surface area (TPSA) is 43.8 Å². The molecule has 0 fully saturated rings. The van der Waals surface area contributed by atoms with Gasteiger partial charge in [-0.25, -0.2) is 4.98 Å². The summed E-state index contributed by atoms with van der Waals surface area (Å²) in [5.41, 5.74) is 5.75. The number of imidazole rings is 1. The standard InChI is InChI=1S/C13H14F3N3/c1-2-19-6-5-18-12(19)7-9-3-4-10(8-11(9)17)13(14,15)16/h3-6,8H,2,7,17H2,1H3. The van der Waals surface area contributed by atoms with Crippen molar-refractivity contribution in [3.8, 4) is 0 Å².